The molecule has 0 spiro atoms. The molecular formula is C13H20ClFN2OS. The number of aromatic nitrogens is 1. The molecular weight excluding hydrogens is 287 g/mol. The quantitative estimate of drug-likeness (QED) is 0.796. The van der Waals surface area contributed by atoms with E-state index >= 15 is 0 Å². The summed E-state index contributed by atoms with van der Waals surface area (Å²) in [5.74, 6) is -0.541. The van der Waals surface area contributed by atoms with E-state index < -0.39 is 28.0 Å². The average molecular weight is 307 g/mol. The zero-order chi connectivity index (χ0) is 14.8. The molecule has 3 nitrogen and oxygen atoms in total. The van der Waals surface area contributed by atoms with E-state index in [9.17, 15) is 8.94 Å². The molecule has 108 valence electrons. The fourth-order valence-corrected chi connectivity index (χ4v) is 3.23. The van der Waals surface area contributed by atoms with E-state index in [4.69, 9.17) is 11.6 Å². The second-order valence-corrected chi connectivity index (χ2v) is 7.86. The third-order valence-corrected chi connectivity index (χ3v) is 5.09. The van der Waals surface area contributed by atoms with Crippen LogP contribution in [0.4, 0.5) is 4.39 Å². The van der Waals surface area contributed by atoms with Crippen LogP contribution in [0.2, 0.25) is 5.02 Å². The molecule has 1 aromatic heterocycles. The van der Waals surface area contributed by atoms with Crippen LogP contribution >= 0.6 is 11.6 Å². The van der Waals surface area contributed by atoms with Gasteiger partial charge in [0.15, 0.2) is 5.82 Å². The molecule has 1 rings (SSSR count). The highest BCUT2D eigenvalue weighted by molar-refractivity contribution is 7.90. The van der Waals surface area contributed by atoms with E-state index in [0.717, 1.165) is 0 Å². The summed E-state index contributed by atoms with van der Waals surface area (Å²) >= 11 is 4.53. The van der Waals surface area contributed by atoms with Gasteiger partial charge >= 0.3 is 0 Å². The monoisotopic (exact) mass is 306 g/mol. The van der Waals surface area contributed by atoms with Crippen LogP contribution in [0.25, 0.3) is 0 Å². The molecule has 1 aromatic rings. The van der Waals surface area contributed by atoms with Gasteiger partial charge in [-0.1, -0.05) is 11.6 Å². The molecule has 1 heterocycles. The molecule has 0 amide bonds. The van der Waals surface area contributed by atoms with E-state index in [0.29, 0.717) is 6.54 Å². The summed E-state index contributed by atoms with van der Waals surface area (Å²) in [7, 11) is 0. The molecule has 0 aromatic carbocycles. The Morgan fingerprint density at radius 1 is 1.53 bits per heavy atom. The first-order valence-corrected chi connectivity index (χ1v) is 7.67. The van der Waals surface area contributed by atoms with Crippen molar-refractivity contribution in [3.05, 3.63) is 28.8 Å². The topological polar surface area (TPSA) is 39.2 Å². The largest absolute Gasteiger partial charge is 0.597 e. The molecule has 0 N–H and O–H groups in total. The van der Waals surface area contributed by atoms with Crippen LogP contribution in [0.15, 0.2) is 12.3 Å². The lowest BCUT2D eigenvalue weighted by Gasteiger charge is -2.35. The second-order valence-electron chi connectivity index (χ2n) is 5.26. The Hall–Kier alpha value is -0.360. The zero-order valence-electron chi connectivity index (χ0n) is 11.9. The lowest BCUT2D eigenvalue weighted by atomic mass is 10.2. The van der Waals surface area contributed by atoms with Gasteiger partial charge in [-0.05, 0) is 40.7 Å². The Labute approximate surface area is 122 Å². The minimum absolute atomic E-state index is 0.0365. The maximum Gasteiger partial charge on any atom is 0.165 e. The first kappa shape index (κ1) is 16.7. The van der Waals surface area contributed by atoms with Gasteiger partial charge in [0.25, 0.3) is 0 Å². The van der Waals surface area contributed by atoms with Gasteiger partial charge in [-0.3, -0.25) is 4.98 Å². The van der Waals surface area contributed by atoms with Gasteiger partial charge < -0.3 is 4.55 Å². The number of nitrogens with zero attached hydrogens (tertiary/aromatic N) is 2. The Balaban J connectivity index is 3.09. The Bertz CT molecular complexity index is 439. The summed E-state index contributed by atoms with van der Waals surface area (Å²) in [5.41, 5.74) is 0.229. The molecule has 0 aliphatic heterocycles. The number of hydrogen-bond acceptors (Lipinski definition) is 3. The van der Waals surface area contributed by atoms with E-state index in [1.807, 2.05) is 27.7 Å². The molecule has 0 aliphatic rings. The molecule has 0 saturated carbocycles. The van der Waals surface area contributed by atoms with E-state index in [1.165, 1.54) is 12.3 Å². The minimum atomic E-state index is -1.24. The normalized spacial score (nSPS) is 15.6. The maximum absolute atomic E-state index is 14.0. The van der Waals surface area contributed by atoms with Gasteiger partial charge in [0.2, 0.25) is 0 Å². The van der Waals surface area contributed by atoms with Crippen molar-refractivity contribution in [2.75, 3.05) is 6.54 Å². The smallest absolute Gasteiger partial charge is 0.165 e. The molecule has 0 aliphatic carbocycles. The Morgan fingerprint density at radius 3 is 2.58 bits per heavy atom. The van der Waals surface area contributed by atoms with Crippen LogP contribution in [-0.2, 0) is 11.4 Å². The summed E-state index contributed by atoms with van der Waals surface area (Å²) in [5, 5.41) is 0.0365. The van der Waals surface area contributed by atoms with Crippen molar-refractivity contribution >= 4 is 23.0 Å². The van der Waals surface area contributed by atoms with Gasteiger partial charge in [-0.25, -0.2) is 4.39 Å². The van der Waals surface area contributed by atoms with Crippen molar-refractivity contribution in [1.82, 2.24) is 9.29 Å². The summed E-state index contributed by atoms with van der Waals surface area (Å²) in [6.07, 6.45) is 1.46. The number of halogens is 2. The average Bonchev–Trinajstić information content (AvgIpc) is 2.32. The summed E-state index contributed by atoms with van der Waals surface area (Å²) in [6.45, 7) is 9.89. The van der Waals surface area contributed by atoms with Crippen LogP contribution in [0, 0.1) is 5.82 Å². The highest BCUT2D eigenvalue weighted by Crippen LogP contribution is 2.31. The fraction of sp³-hybridized carbons (Fsp3) is 0.615. The maximum atomic E-state index is 14.0. The molecule has 0 bridgehead atoms. The molecule has 0 saturated heterocycles. The lowest BCUT2D eigenvalue weighted by molar-refractivity contribution is 0.331. The molecule has 0 radical (unpaired) electrons. The van der Waals surface area contributed by atoms with Crippen molar-refractivity contribution in [3.63, 3.8) is 0 Å². The SMILES string of the molecule is CCN(C(C)c1nccc(Cl)c1F)[S+]([O-])C(C)(C)C. The van der Waals surface area contributed by atoms with Gasteiger partial charge in [-0.15, -0.1) is 4.31 Å². The van der Waals surface area contributed by atoms with E-state index in [1.54, 1.807) is 11.2 Å². The number of pyridine rings is 1. The van der Waals surface area contributed by atoms with Crippen molar-refractivity contribution in [2.45, 2.75) is 45.4 Å². The Kier molecular flexibility index (Phi) is 5.62. The van der Waals surface area contributed by atoms with Crippen LogP contribution < -0.4 is 0 Å². The summed E-state index contributed by atoms with van der Waals surface area (Å²) in [6, 6.07) is 1.01. The van der Waals surface area contributed by atoms with Crippen molar-refractivity contribution < 1.29 is 8.94 Å². The van der Waals surface area contributed by atoms with Crippen LogP contribution in [-0.4, -0.2) is 25.1 Å². The molecule has 6 heteroatoms. The first-order valence-electron chi connectivity index (χ1n) is 6.18. The minimum Gasteiger partial charge on any atom is -0.597 e. The van der Waals surface area contributed by atoms with E-state index in [-0.39, 0.29) is 10.7 Å². The third-order valence-electron chi connectivity index (χ3n) is 2.75. The highest BCUT2D eigenvalue weighted by Gasteiger charge is 2.37. The molecule has 19 heavy (non-hydrogen) atoms. The molecule has 2 atom stereocenters. The lowest BCUT2D eigenvalue weighted by Crippen LogP contribution is -2.44. The zero-order valence-corrected chi connectivity index (χ0v) is 13.5. The van der Waals surface area contributed by atoms with Gasteiger partial charge in [0, 0.05) is 24.1 Å². The summed E-state index contributed by atoms with van der Waals surface area (Å²) in [4.78, 5) is 4.04. The van der Waals surface area contributed by atoms with Crippen LogP contribution in [0.5, 0.6) is 0 Å². The first-order chi connectivity index (χ1) is 8.70. The van der Waals surface area contributed by atoms with Gasteiger partial charge in [-0.2, -0.15) is 0 Å². The standard InChI is InChI=1S/C13H20ClFN2OS/c1-6-17(19(18)13(3,4)5)9(2)12-11(15)10(14)7-8-16-12/h7-9H,6H2,1-5H3. The molecule has 2 unspecified atom stereocenters. The third kappa shape index (κ3) is 3.81. The fourth-order valence-electron chi connectivity index (χ4n) is 1.75. The van der Waals surface area contributed by atoms with Crippen LogP contribution in [0.1, 0.15) is 46.4 Å². The second kappa shape index (κ2) is 6.39. The molecule has 0 fully saturated rings. The predicted octanol–water partition coefficient (Wildman–Crippen LogP) is 3.72. The van der Waals surface area contributed by atoms with Crippen molar-refractivity contribution in [2.24, 2.45) is 0 Å². The van der Waals surface area contributed by atoms with Crippen molar-refractivity contribution in [3.8, 4) is 0 Å². The number of hydrogen-bond donors (Lipinski definition) is 0. The van der Waals surface area contributed by atoms with Gasteiger partial charge in [0.05, 0.1) is 16.8 Å². The predicted molar refractivity (Wildman–Crippen MR) is 77.9 cm³/mol. The van der Waals surface area contributed by atoms with Gasteiger partial charge in [0.1, 0.15) is 4.75 Å². The summed E-state index contributed by atoms with van der Waals surface area (Å²) < 4.78 is 27.8. The highest BCUT2D eigenvalue weighted by atomic mass is 35.5. The van der Waals surface area contributed by atoms with Crippen LogP contribution in [0.3, 0.4) is 0 Å². The number of rotatable bonds is 4. The van der Waals surface area contributed by atoms with E-state index in [2.05, 4.69) is 4.98 Å². The van der Waals surface area contributed by atoms with Crippen molar-refractivity contribution in [1.29, 1.82) is 0 Å². The Morgan fingerprint density at radius 2 is 2.11 bits per heavy atom.